The molecule has 204 valence electrons. The summed E-state index contributed by atoms with van der Waals surface area (Å²) in [6.45, 7) is 11.5. The molecular weight excluding hydrogens is 522 g/mol. The van der Waals surface area contributed by atoms with E-state index in [1.54, 1.807) is 32.0 Å². The fraction of sp³-hybridized carbons (Fsp3) is 0.414. The molecule has 2 aliphatic rings. The Labute approximate surface area is 229 Å². The zero-order chi connectivity index (χ0) is 27.8. The molecule has 0 saturated carbocycles. The van der Waals surface area contributed by atoms with E-state index < -0.39 is 15.4 Å². The summed E-state index contributed by atoms with van der Waals surface area (Å²) in [5, 5.41) is 2.64. The topological polar surface area (TPSA) is 90.9 Å². The third kappa shape index (κ3) is 5.89. The predicted octanol–water partition coefficient (Wildman–Crippen LogP) is 6.54. The molecule has 2 aromatic carbocycles. The van der Waals surface area contributed by atoms with Crippen LogP contribution in [0.3, 0.4) is 0 Å². The standard InChI is InChI=1S/C29H35NO6S2/c1-17(2)38(32,33)36-20-9-10-22(25(14-20)34-7)21-11-12-24-27(18(3)15-29(5,6)30-24)23(21)16-35-28(31)26-13-8-19(4)37-26/h8-12,14-15,17,26,30H,13,16H2,1-7H3. The molecule has 0 aromatic heterocycles. The number of methoxy groups -OCH3 is 1. The van der Waals surface area contributed by atoms with Crippen LogP contribution in [0.15, 0.2) is 47.4 Å². The molecule has 9 heteroatoms. The van der Waals surface area contributed by atoms with Crippen LogP contribution in [0.1, 0.15) is 59.1 Å². The Morgan fingerprint density at radius 1 is 1.16 bits per heavy atom. The van der Waals surface area contributed by atoms with Crippen molar-refractivity contribution in [1.29, 1.82) is 0 Å². The Kier molecular flexibility index (Phi) is 7.91. The monoisotopic (exact) mass is 557 g/mol. The molecular formula is C29H35NO6S2. The molecule has 2 heterocycles. The van der Waals surface area contributed by atoms with Gasteiger partial charge in [0.15, 0.2) is 0 Å². The minimum atomic E-state index is -3.76. The third-order valence-corrected chi connectivity index (χ3v) is 9.35. The molecule has 4 rings (SSSR count). The van der Waals surface area contributed by atoms with Crippen LogP contribution in [0.5, 0.6) is 11.5 Å². The molecule has 0 radical (unpaired) electrons. The van der Waals surface area contributed by atoms with Crippen LogP contribution >= 0.6 is 11.8 Å². The van der Waals surface area contributed by atoms with Crippen LogP contribution in [0.2, 0.25) is 0 Å². The van der Waals surface area contributed by atoms with Gasteiger partial charge in [-0.25, -0.2) is 0 Å². The first-order valence-corrected chi connectivity index (χ1v) is 14.9. The highest BCUT2D eigenvalue weighted by atomic mass is 32.2. The van der Waals surface area contributed by atoms with E-state index >= 15 is 0 Å². The molecule has 0 amide bonds. The zero-order valence-electron chi connectivity index (χ0n) is 22.9. The lowest BCUT2D eigenvalue weighted by atomic mass is 9.85. The van der Waals surface area contributed by atoms with Gasteiger partial charge < -0.3 is 19.0 Å². The highest BCUT2D eigenvalue weighted by Gasteiger charge is 2.29. The van der Waals surface area contributed by atoms with E-state index in [0.717, 1.165) is 38.4 Å². The van der Waals surface area contributed by atoms with Gasteiger partial charge in [0.25, 0.3) is 0 Å². The lowest BCUT2D eigenvalue weighted by Gasteiger charge is -2.33. The smallest absolute Gasteiger partial charge is 0.320 e. The number of benzene rings is 2. The van der Waals surface area contributed by atoms with Crippen molar-refractivity contribution in [3.8, 4) is 22.6 Å². The first-order valence-electron chi connectivity index (χ1n) is 12.6. The van der Waals surface area contributed by atoms with Gasteiger partial charge in [-0.2, -0.15) is 8.42 Å². The SMILES string of the molecule is COc1cc(OS(=O)(=O)C(C)C)ccc1-c1ccc2c(c1COC(=O)C1CC=C(C)S1)C(C)=CC(C)(C)N2. The summed E-state index contributed by atoms with van der Waals surface area (Å²) >= 11 is 1.53. The number of hydrogen-bond acceptors (Lipinski definition) is 8. The summed E-state index contributed by atoms with van der Waals surface area (Å²) in [5.74, 6) is 0.378. The van der Waals surface area contributed by atoms with E-state index in [1.165, 1.54) is 18.9 Å². The molecule has 2 aliphatic heterocycles. The number of anilines is 1. The molecule has 1 unspecified atom stereocenters. The van der Waals surface area contributed by atoms with Crippen molar-refractivity contribution in [2.75, 3.05) is 12.4 Å². The number of carbonyl (C=O) groups is 1. The number of nitrogens with one attached hydrogen (secondary N) is 1. The first-order chi connectivity index (χ1) is 17.8. The van der Waals surface area contributed by atoms with Gasteiger partial charge in [-0.3, -0.25) is 4.79 Å². The van der Waals surface area contributed by atoms with E-state index in [0.29, 0.717) is 12.2 Å². The summed E-state index contributed by atoms with van der Waals surface area (Å²) in [7, 11) is -2.23. The minimum absolute atomic E-state index is 0.0872. The maximum Gasteiger partial charge on any atom is 0.320 e. The van der Waals surface area contributed by atoms with Gasteiger partial charge in [-0.1, -0.05) is 18.2 Å². The summed E-state index contributed by atoms with van der Waals surface area (Å²) in [5.41, 5.74) is 5.20. The number of fused-ring (bicyclic) bond motifs is 1. The van der Waals surface area contributed by atoms with E-state index in [-0.39, 0.29) is 29.1 Å². The Morgan fingerprint density at radius 3 is 2.50 bits per heavy atom. The van der Waals surface area contributed by atoms with E-state index in [1.807, 2.05) is 19.1 Å². The van der Waals surface area contributed by atoms with Gasteiger partial charge in [0.2, 0.25) is 0 Å². The molecule has 0 aliphatic carbocycles. The molecule has 0 bridgehead atoms. The van der Waals surface area contributed by atoms with E-state index in [2.05, 4.69) is 38.2 Å². The number of rotatable bonds is 8. The Balaban J connectivity index is 1.76. The van der Waals surface area contributed by atoms with E-state index in [4.69, 9.17) is 13.7 Å². The summed E-state index contributed by atoms with van der Waals surface area (Å²) in [4.78, 5) is 14.0. The van der Waals surface area contributed by atoms with Gasteiger partial charge >= 0.3 is 16.1 Å². The van der Waals surface area contributed by atoms with Gasteiger partial charge in [0.05, 0.1) is 17.9 Å². The van der Waals surface area contributed by atoms with Crippen molar-refractivity contribution >= 4 is 39.1 Å². The molecule has 0 saturated heterocycles. The number of hydrogen-bond donors (Lipinski definition) is 1. The number of ether oxygens (including phenoxy) is 2. The van der Waals surface area contributed by atoms with Crippen LogP contribution in [-0.4, -0.2) is 37.5 Å². The van der Waals surface area contributed by atoms with Crippen molar-refractivity contribution in [2.24, 2.45) is 0 Å². The van der Waals surface area contributed by atoms with Crippen LogP contribution in [-0.2, 0) is 26.3 Å². The third-order valence-electron chi connectivity index (χ3n) is 6.56. The van der Waals surface area contributed by atoms with Gasteiger partial charge in [-0.05, 0) is 82.2 Å². The molecule has 2 aromatic rings. The van der Waals surface area contributed by atoms with Gasteiger partial charge in [0.1, 0.15) is 23.4 Å². The summed E-state index contributed by atoms with van der Waals surface area (Å²) < 4.78 is 41.5. The lowest BCUT2D eigenvalue weighted by Crippen LogP contribution is -2.32. The van der Waals surface area contributed by atoms with Crippen LogP contribution < -0.4 is 14.2 Å². The molecule has 7 nitrogen and oxygen atoms in total. The Bertz CT molecular complexity index is 1420. The van der Waals surface area contributed by atoms with E-state index in [9.17, 15) is 13.2 Å². The van der Waals surface area contributed by atoms with Crippen LogP contribution in [0.4, 0.5) is 5.69 Å². The fourth-order valence-electron chi connectivity index (χ4n) is 4.75. The largest absolute Gasteiger partial charge is 0.496 e. The Morgan fingerprint density at radius 2 is 1.87 bits per heavy atom. The average Bonchev–Trinajstić information content (AvgIpc) is 3.27. The van der Waals surface area contributed by atoms with Crippen molar-refractivity contribution in [3.63, 3.8) is 0 Å². The number of esters is 1. The predicted molar refractivity (Wildman–Crippen MR) is 154 cm³/mol. The van der Waals surface area contributed by atoms with Crippen LogP contribution in [0, 0.1) is 0 Å². The zero-order valence-corrected chi connectivity index (χ0v) is 24.5. The molecule has 1 N–H and O–H groups in total. The van der Waals surface area contributed by atoms with Crippen molar-refractivity contribution in [1.82, 2.24) is 0 Å². The summed E-state index contributed by atoms with van der Waals surface area (Å²) in [6, 6.07) is 8.94. The molecule has 0 spiro atoms. The van der Waals surface area contributed by atoms with Gasteiger partial charge in [-0.15, -0.1) is 11.8 Å². The second-order valence-electron chi connectivity index (χ2n) is 10.4. The summed E-state index contributed by atoms with van der Waals surface area (Å²) in [6.07, 6.45) is 4.88. The fourth-order valence-corrected chi connectivity index (χ4v) is 6.31. The second-order valence-corrected chi connectivity index (χ2v) is 14.0. The highest BCUT2D eigenvalue weighted by molar-refractivity contribution is 8.04. The van der Waals surface area contributed by atoms with Crippen LogP contribution in [0.25, 0.3) is 16.7 Å². The highest BCUT2D eigenvalue weighted by Crippen LogP contribution is 2.44. The maximum absolute atomic E-state index is 12.9. The maximum atomic E-state index is 12.9. The lowest BCUT2D eigenvalue weighted by molar-refractivity contribution is -0.144. The normalized spacial score (nSPS) is 18.3. The first kappa shape index (κ1) is 28.1. The molecule has 0 fully saturated rings. The van der Waals surface area contributed by atoms with Gasteiger partial charge in [0, 0.05) is 28.4 Å². The number of allylic oxidation sites excluding steroid dienone is 3. The van der Waals surface area contributed by atoms with Crippen molar-refractivity contribution < 1.29 is 26.9 Å². The number of carbonyl (C=O) groups excluding carboxylic acids is 1. The minimum Gasteiger partial charge on any atom is -0.496 e. The molecule has 38 heavy (non-hydrogen) atoms. The Hall–Kier alpha value is -2.91. The molecule has 1 atom stereocenters. The average molecular weight is 558 g/mol. The number of thioether (sulfide) groups is 1. The van der Waals surface area contributed by atoms with Crippen molar-refractivity contribution in [3.05, 3.63) is 58.5 Å². The van der Waals surface area contributed by atoms with Crippen molar-refractivity contribution in [2.45, 2.75) is 70.6 Å². The quantitative estimate of drug-likeness (QED) is 0.289. The second kappa shape index (κ2) is 10.7.